The Morgan fingerprint density at radius 1 is 1.00 bits per heavy atom. The van der Waals surface area contributed by atoms with E-state index in [1.165, 1.54) is 11.1 Å². The standard InChI is InChI=1S/C24H33N3O2/c1-27(19-22(28-2)29-3)23(26-18-20-10-6-4-7-11-20)24(14-16-25-17-15-24)21-12-8-5-9-13-21/h4-13,22,25H,14-19H2,1-3H3. The third-order valence-corrected chi connectivity index (χ3v) is 5.78. The van der Waals surface area contributed by atoms with E-state index in [-0.39, 0.29) is 11.7 Å². The predicted molar refractivity (Wildman–Crippen MR) is 118 cm³/mol. The molecule has 1 saturated heterocycles. The lowest BCUT2D eigenvalue weighted by molar-refractivity contribution is -0.108. The summed E-state index contributed by atoms with van der Waals surface area (Å²) in [5.74, 6) is 1.10. The number of benzene rings is 2. The second kappa shape index (κ2) is 10.5. The lowest BCUT2D eigenvalue weighted by atomic mass is 9.71. The van der Waals surface area contributed by atoms with Crippen molar-refractivity contribution in [3.63, 3.8) is 0 Å². The number of hydrogen-bond donors (Lipinski definition) is 1. The van der Waals surface area contributed by atoms with Crippen molar-refractivity contribution in [1.29, 1.82) is 0 Å². The van der Waals surface area contributed by atoms with Crippen molar-refractivity contribution in [2.75, 3.05) is 40.9 Å². The molecule has 0 aliphatic carbocycles. The molecule has 1 aliphatic rings. The highest BCUT2D eigenvalue weighted by molar-refractivity contribution is 5.93. The molecule has 1 N–H and O–H groups in total. The lowest BCUT2D eigenvalue weighted by Crippen LogP contribution is -2.52. The van der Waals surface area contributed by atoms with E-state index in [2.05, 4.69) is 71.9 Å². The number of nitrogens with zero attached hydrogens (tertiary/aromatic N) is 2. The smallest absolute Gasteiger partial charge is 0.174 e. The van der Waals surface area contributed by atoms with Gasteiger partial charge in [-0.3, -0.25) is 4.99 Å². The number of piperidine rings is 1. The average Bonchev–Trinajstić information content (AvgIpc) is 2.79. The molecule has 0 radical (unpaired) electrons. The molecule has 1 fully saturated rings. The molecule has 29 heavy (non-hydrogen) atoms. The molecule has 1 heterocycles. The summed E-state index contributed by atoms with van der Waals surface area (Å²) in [6.45, 7) is 3.24. The maximum Gasteiger partial charge on any atom is 0.174 e. The zero-order valence-corrected chi connectivity index (χ0v) is 17.8. The lowest BCUT2D eigenvalue weighted by Gasteiger charge is -2.43. The van der Waals surface area contributed by atoms with E-state index in [4.69, 9.17) is 14.5 Å². The zero-order chi connectivity index (χ0) is 20.5. The highest BCUT2D eigenvalue weighted by Crippen LogP contribution is 2.36. The van der Waals surface area contributed by atoms with Crippen molar-refractivity contribution in [2.45, 2.75) is 31.1 Å². The van der Waals surface area contributed by atoms with Gasteiger partial charge in [-0.25, -0.2) is 0 Å². The van der Waals surface area contributed by atoms with Gasteiger partial charge in [-0.1, -0.05) is 60.7 Å². The maximum absolute atomic E-state index is 5.48. The second-order valence-electron chi connectivity index (χ2n) is 7.61. The fraction of sp³-hybridized carbons (Fsp3) is 0.458. The van der Waals surface area contributed by atoms with Gasteiger partial charge < -0.3 is 19.7 Å². The van der Waals surface area contributed by atoms with Crippen LogP contribution in [0.3, 0.4) is 0 Å². The maximum atomic E-state index is 5.48. The molecule has 3 rings (SSSR count). The van der Waals surface area contributed by atoms with Gasteiger partial charge in [-0.05, 0) is 37.1 Å². The minimum atomic E-state index is -0.295. The summed E-state index contributed by atoms with van der Waals surface area (Å²) >= 11 is 0. The van der Waals surface area contributed by atoms with Crippen LogP contribution >= 0.6 is 0 Å². The first-order valence-corrected chi connectivity index (χ1v) is 10.3. The number of hydrogen-bond acceptors (Lipinski definition) is 4. The highest BCUT2D eigenvalue weighted by Gasteiger charge is 2.41. The van der Waals surface area contributed by atoms with Gasteiger partial charge in [-0.15, -0.1) is 0 Å². The van der Waals surface area contributed by atoms with Gasteiger partial charge in [0.15, 0.2) is 6.29 Å². The van der Waals surface area contributed by atoms with E-state index in [0.717, 1.165) is 31.8 Å². The number of ether oxygens (including phenoxy) is 2. The largest absolute Gasteiger partial charge is 0.358 e. The summed E-state index contributed by atoms with van der Waals surface area (Å²) < 4.78 is 11.0. The summed E-state index contributed by atoms with van der Waals surface area (Å²) in [4.78, 5) is 7.41. The molecule has 0 saturated carbocycles. The van der Waals surface area contributed by atoms with Gasteiger partial charge in [0.25, 0.3) is 0 Å². The van der Waals surface area contributed by atoms with Gasteiger partial charge in [0.2, 0.25) is 0 Å². The van der Waals surface area contributed by atoms with Crippen LogP contribution in [0, 0.1) is 0 Å². The van der Waals surface area contributed by atoms with Crippen LogP contribution in [0.1, 0.15) is 24.0 Å². The molecule has 0 atom stereocenters. The van der Waals surface area contributed by atoms with Gasteiger partial charge in [0.05, 0.1) is 18.5 Å². The van der Waals surface area contributed by atoms with E-state index in [9.17, 15) is 0 Å². The summed E-state index contributed by atoms with van der Waals surface area (Å²) in [5.41, 5.74) is 2.42. The molecule has 0 aromatic heterocycles. The van der Waals surface area contributed by atoms with Gasteiger partial charge >= 0.3 is 0 Å². The fourth-order valence-electron chi connectivity index (χ4n) is 4.19. The molecule has 2 aromatic carbocycles. The molecule has 0 spiro atoms. The number of methoxy groups -OCH3 is 2. The Morgan fingerprint density at radius 2 is 1.59 bits per heavy atom. The number of nitrogens with one attached hydrogen (secondary N) is 1. The van der Waals surface area contributed by atoms with E-state index in [1.807, 2.05) is 6.07 Å². The summed E-state index contributed by atoms with van der Waals surface area (Å²) in [6.07, 6.45) is 1.73. The van der Waals surface area contributed by atoms with Crippen LogP contribution in [0.5, 0.6) is 0 Å². The molecule has 5 heteroatoms. The Labute approximate surface area is 174 Å². The van der Waals surface area contributed by atoms with Crippen LogP contribution in [0.4, 0.5) is 0 Å². The van der Waals surface area contributed by atoms with Crippen LogP contribution in [0.2, 0.25) is 0 Å². The van der Waals surface area contributed by atoms with Crippen molar-refractivity contribution in [2.24, 2.45) is 4.99 Å². The van der Waals surface area contributed by atoms with Crippen molar-refractivity contribution in [3.05, 3.63) is 71.8 Å². The number of rotatable bonds is 8. The molecular weight excluding hydrogens is 362 g/mol. The van der Waals surface area contributed by atoms with Crippen LogP contribution in [-0.2, 0) is 21.4 Å². The summed E-state index contributed by atoms with van der Waals surface area (Å²) in [5, 5.41) is 3.52. The number of likely N-dealkylation sites (N-methyl/N-ethyl adjacent to an activating group) is 1. The summed E-state index contributed by atoms with van der Waals surface area (Å²) in [6, 6.07) is 21.2. The normalized spacial score (nSPS) is 16.8. The SMILES string of the molecule is COC(CN(C)C(=NCc1ccccc1)C1(c2ccccc2)CCNCC1)OC. The van der Waals surface area contributed by atoms with Gasteiger partial charge in [0, 0.05) is 21.3 Å². The van der Waals surface area contributed by atoms with E-state index in [0.29, 0.717) is 13.1 Å². The molecule has 0 amide bonds. The molecular formula is C24H33N3O2. The number of amidine groups is 1. The molecule has 5 nitrogen and oxygen atoms in total. The molecule has 156 valence electrons. The first kappa shape index (κ1) is 21.5. The van der Waals surface area contributed by atoms with Gasteiger partial charge in [-0.2, -0.15) is 0 Å². The van der Waals surface area contributed by atoms with E-state index < -0.39 is 0 Å². The first-order chi connectivity index (χ1) is 14.2. The Morgan fingerprint density at radius 3 is 2.17 bits per heavy atom. The highest BCUT2D eigenvalue weighted by atomic mass is 16.7. The minimum absolute atomic E-state index is 0.123. The van der Waals surface area contributed by atoms with Gasteiger partial charge in [0.1, 0.15) is 5.84 Å². The Balaban J connectivity index is 2.01. The van der Waals surface area contributed by atoms with Crippen molar-refractivity contribution >= 4 is 5.84 Å². The van der Waals surface area contributed by atoms with E-state index >= 15 is 0 Å². The van der Waals surface area contributed by atoms with Crippen LogP contribution in [-0.4, -0.2) is 57.9 Å². The van der Waals surface area contributed by atoms with Crippen molar-refractivity contribution in [3.8, 4) is 0 Å². The van der Waals surface area contributed by atoms with Crippen LogP contribution in [0.15, 0.2) is 65.7 Å². The second-order valence-corrected chi connectivity index (χ2v) is 7.61. The fourth-order valence-corrected chi connectivity index (χ4v) is 4.19. The Bertz CT molecular complexity index is 754. The van der Waals surface area contributed by atoms with Crippen molar-refractivity contribution < 1.29 is 9.47 Å². The zero-order valence-electron chi connectivity index (χ0n) is 17.8. The monoisotopic (exact) mass is 395 g/mol. The average molecular weight is 396 g/mol. The number of aliphatic imine (C=N–C) groups is 1. The predicted octanol–water partition coefficient (Wildman–Crippen LogP) is 3.46. The van der Waals surface area contributed by atoms with E-state index in [1.54, 1.807) is 14.2 Å². The third kappa shape index (κ3) is 5.24. The molecule has 2 aromatic rings. The third-order valence-electron chi connectivity index (χ3n) is 5.78. The van der Waals surface area contributed by atoms with Crippen molar-refractivity contribution in [1.82, 2.24) is 10.2 Å². The molecule has 0 bridgehead atoms. The molecule has 1 aliphatic heterocycles. The Kier molecular flexibility index (Phi) is 7.81. The Hall–Kier alpha value is -2.21. The van der Waals surface area contributed by atoms with Crippen LogP contribution < -0.4 is 5.32 Å². The van der Waals surface area contributed by atoms with Crippen LogP contribution in [0.25, 0.3) is 0 Å². The summed E-state index contributed by atoms with van der Waals surface area (Å²) in [7, 11) is 5.46. The molecule has 0 unspecified atom stereocenters. The quantitative estimate of drug-likeness (QED) is 0.422. The topological polar surface area (TPSA) is 46.1 Å². The minimum Gasteiger partial charge on any atom is -0.358 e. The first-order valence-electron chi connectivity index (χ1n) is 10.3.